The van der Waals surface area contributed by atoms with Gasteiger partial charge in [-0.3, -0.25) is 4.90 Å². The molecule has 0 bridgehead atoms. The Morgan fingerprint density at radius 2 is 1.80 bits per heavy atom. The molecule has 0 aliphatic rings. The fourth-order valence-electron chi connectivity index (χ4n) is 2.17. The average Bonchev–Trinajstić information content (AvgIpc) is 3.05. The van der Waals surface area contributed by atoms with Gasteiger partial charge in [-0.2, -0.15) is 18.2 Å². The molecule has 0 saturated carbocycles. The SMILES string of the molecule is COCCN(CCOC)Cc1nc(-c2cccc(C(F)(F)F)c2)no1. The van der Waals surface area contributed by atoms with Gasteiger partial charge in [0.1, 0.15) is 0 Å². The van der Waals surface area contributed by atoms with E-state index in [4.69, 9.17) is 14.0 Å². The molecular formula is C16H20F3N3O3. The van der Waals surface area contributed by atoms with Gasteiger partial charge in [0.2, 0.25) is 11.7 Å². The monoisotopic (exact) mass is 359 g/mol. The largest absolute Gasteiger partial charge is 0.416 e. The molecule has 0 aliphatic carbocycles. The number of rotatable bonds is 9. The molecule has 138 valence electrons. The summed E-state index contributed by atoms with van der Waals surface area (Å²) in [7, 11) is 3.21. The van der Waals surface area contributed by atoms with Crippen molar-refractivity contribution in [2.75, 3.05) is 40.5 Å². The maximum Gasteiger partial charge on any atom is 0.416 e. The highest BCUT2D eigenvalue weighted by atomic mass is 19.4. The molecule has 1 aromatic carbocycles. The lowest BCUT2D eigenvalue weighted by atomic mass is 10.1. The van der Waals surface area contributed by atoms with Crippen LogP contribution in [0.4, 0.5) is 13.2 Å². The van der Waals surface area contributed by atoms with Crippen molar-refractivity contribution in [2.24, 2.45) is 0 Å². The number of ether oxygens (including phenoxy) is 2. The minimum atomic E-state index is -4.42. The lowest BCUT2D eigenvalue weighted by molar-refractivity contribution is -0.137. The third-order valence-electron chi connectivity index (χ3n) is 3.50. The first-order chi connectivity index (χ1) is 11.9. The summed E-state index contributed by atoms with van der Waals surface area (Å²) in [4.78, 5) is 6.19. The van der Waals surface area contributed by atoms with Gasteiger partial charge in [-0.15, -0.1) is 0 Å². The van der Waals surface area contributed by atoms with Crippen LogP contribution >= 0.6 is 0 Å². The lowest BCUT2D eigenvalue weighted by Gasteiger charge is -2.19. The number of halogens is 3. The molecule has 0 saturated heterocycles. The van der Waals surface area contributed by atoms with E-state index >= 15 is 0 Å². The zero-order chi connectivity index (χ0) is 18.3. The Kier molecular flexibility index (Phi) is 6.91. The molecule has 0 fully saturated rings. The molecular weight excluding hydrogens is 339 g/mol. The number of hydrogen-bond acceptors (Lipinski definition) is 6. The maximum atomic E-state index is 12.8. The van der Waals surface area contributed by atoms with Gasteiger partial charge in [-0.1, -0.05) is 17.3 Å². The maximum absolute atomic E-state index is 12.8. The summed E-state index contributed by atoms with van der Waals surface area (Å²) in [5, 5.41) is 3.78. The van der Waals surface area contributed by atoms with Crippen LogP contribution in [0.1, 0.15) is 11.5 Å². The molecule has 6 nitrogen and oxygen atoms in total. The molecule has 9 heteroatoms. The molecule has 25 heavy (non-hydrogen) atoms. The van der Waals surface area contributed by atoms with Gasteiger partial charge in [0, 0.05) is 32.9 Å². The molecule has 0 N–H and O–H groups in total. The first-order valence-corrected chi connectivity index (χ1v) is 7.64. The number of alkyl halides is 3. The Morgan fingerprint density at radius 1 is 1.12 bits per heavy atom. The molecule has 0 spiro atoms. The van der Waals surface area contributed by atoms with Crippen LogP contribution in [-0.2, 0) is 22.2 Å². The van der Waals surface area contributed by atoms with Crippen LogP contribution < -0.4 is 0 Å². The fraction of sp³-hybridized carbons (Fsp3) is 0.500. The minimum Gasteiger partial charge on any atom is -0.383 e. The van der Waals surface area contributed by atoms with Gasteiger partial charge in [-0.05, 0) is 12.1 Å². The predicted octanol–water partition coefficient (Wildman–Crippen LogP) is 2.85. The zero-order valence-corrected chi connectivity index (χ0v) is 14.0. The Bertz CT molecular complexity index is 653. The quantitative estimate of drug-likeness (QED) is 0.686. The molecule has 0 unspecified atom stereocenters. The third-order valence-corrected chi connectivity index (χ3v) is 3.50. The molecule has 0 amide bonds. The number of methoxy groups -OCH3 is 2. The summed E-state index contributed by atoms with van der Waals surface area (Å²) in [5.74, 6) is 0.444. The summed E-state index contributed by atoms with van der Waals surface area (Å²) in [5.41, 5.74) is -0.497. The zero-order valence-electron chi connectivity index (χ0n) is 14.0. The van der Waals surface area contributed by atoms with Crippen molar-refractivity contribution in [1.82, 2.24) is 15.0 Å². The summed E-state index contributed by atoms with van der Waals surface area (Å²) in [6.07, 6.45) is -4.42. The van der Waals surface area contributed by atoms with Crippen LogP contribution in [0.3, 0.4) is 0 Å². The molecule has 2 aromatic rings. The molecule has 1 aromatic heterocycles. The average molecular weight is 359 g/mol. The van der Waals surface area contributed by atoms with Crippen molar-refractivity contribution in [3.63, 3.8) is 0 Å². The second-order valence-corrected chi connectivity index (χ2v) is 5.35. The van der Waals surface area contributed by atoms with E-state index in [1.807, 2.05) is 4.90 Å². The van der Waals surface area contributed by atoms with E-state index in [-0.39, 0.29) is 11.4 Å². The number of aromatic nitrogens is 2. The summed E-state index contributed by atoms with van der Waals surface area (Å²) in [6, 6.07) is 4.83. The van der Waals surface area contributed by atoms with Crippen molar-refractivity contribution in [3.05, 3.63) is 35.7 Å². The van der Waals surface area contributed by atoms with Crippen LogP contribution in [-0.4, -0.2) is 55.6 Å². The van der Waals surface area contributed by atoms with Crippen molar-refractivity contribution >= 4 is 0 Å². The smallest absolute Gasteiger partial charge is 0.383 e. The Hall–Kier alpha value is -1.97. The Labute approximate surface area is 143 Å². The van der Waals surface area contributed by atoms with Crippen molar-refractivity contribution < 1.29 is 27.2 Å². The van der Waals surface area contributed by atoms with Crippen LogP contribution in [0.5, 0.6) is 0 Å². The third kappa shape index (κ3) is 5.80. The highest BCUT2D eigenvalue weighted by molar-refractivity contribution is 5.55. The Morgan fingerprint density at radius 3 is 2.40 bits per heavy atom. The minimum absolute atomic E-state index is 0.125. The molecule has 0 radical (unpaired) electrons. The lowest BCUT2D eigenvalue weighted by Crippen LogP contribution is -2.30. The van der Waals surface area contributed by atoms with E-state index in [1.54, 1.807) is 14.2 Å². The van der Waals surface area contributed by atoms with Crippen molar-refractivity contribution in [3.8, 4) is 11.4 Å². The summed E-state index contributed by atoms with van der Waals surface area (Å²) < 4.78 is 53.7. The van der Waals surface area contributed by atoms with Crippen LogP contribution in [0.15, 0.2) is 28.8 Å². The number of nitrogens with zero attached hydrogens (tertiary/aromatic N) is 3. The Balaban J connectivity index is 2.10. The normalized spacial score (nSPS) is 12.1. The predicted molar refractivity (Wildman–Crippen MR) is 83.8 cm³/mol. The highest BCUT2D eigenvalue weighted by Gasteiger charge is 2.30. The van der Waals surface area contributed by atoms with E-state index in [9.17, 15) is 13.2 Å². The summed E-state index contributed by atoms with van der Waals surface area (Å²) >= 11 is 0. The number of benzene rings is 1. The number of hydrogen-bond donors (Lipinski definition) is 0. The second kappa shape index (κ2) is 8.93. The van der Waals surface area contributed by atoms with Gasteiger partial charge < -0.3 is 14.0 Å². The molecule has 1 heterocycles. The van der Waals surface area contributed by atoms with Gasteiger partial charge >= 0.3 is 6.18 Å². The highest BCUT2D eigenvalue weighted by Crippen LogP contribution is 2.31. The van der Waals surface area contributed by atoms with Crippen LogP contribution in [0, 0.1) is 0 Å². The van der Waals surface area contributed by atoms with E-state index < -0.39 is 11.7 Å². The van der Waals surface area contributed by atoms with E-state index in [1.165, 1.54) is 12.1 Å². The van der Waals surface area contributed by atoms with Crippen molar-refractivity contribution in [1.29, 1.82) is 0 Å². The van der Waals surface area contributed by atoms with Crippen LogP contribution in [0.2, 0.25) is 0 Å². The second-order valence-electron chi connectivity index (χ2n) is 5.35. The summed E-state index contributed by atoms with van der Waals surface area (Å²) in [6.45, 7) is 2.69. The van der Waals surface area contributed by atoms with Gasteiger partial charge in [0.25, 0.3) is 0 Å². The molecule has 0 atom stereocenters. The topological polar surface area (TPSA) is 60.6 Å². The first kappa shape index (κ1) is 19.4. The molecule has 2 rings (SSSR count). The van der Waals surface area contributed by atoms with Crippen LogP contribution in [0.25, 0.3) is 11.4 Å². The first-order valence-electron chi connectivity index (χ1n) is 7.64. The van der Waals surface area contributed by atoms with Crippen molar-refractivity contribution in [2.45, 2.75) is 12.7 Å². The van der Waals surface area contributed by atoms with Gasteiger partial charge in [-0.25, -0.2) is 0 Å². The fourth-order valence-corrected chi connectivity index (χ4v) is 2.17. The van der Waals surface area contributed by atoms with Gasteiger partial charge in [0.05, 0.1) is 25.3 Å². The van der Waals surface area contributed by atoms with E-state index in [0.717, 1.165) is 12.1 Å². The van der Waals surface area contributed by atoms with E-state index in [2.05, 4.69) is 10.1 Å². The van der Waals surface area contributed by atoms with Gasteiger partial charge in [0.15, 0.2) is 0 Å². The molecule has 0 aliphatic heterocycles. The standard InChI is InChI=1S/C16H20F3N3O3/c1-23-8-6-22(7-9-24-2)11-14-20-15(21-25-14)12-4-3-5-13(10-12)16(17,18)19/h3-5,10H,6-9,11H2,1-2H3. The van der Waals surface area contributed by atoms with E-state index in [0.29, 0.717) is 38.7 Å².